The number of ether oxygens (including phenoxy) is 1. The highest BCUT2D eigenvalue weighted by molar-refractivity contribution is 6.12. The summed E-state index contributed by atoms with van der Waals surface area (Å²) in [5.41, 5.74) is 10.7. The summed E-state index contributed by atoms with van der Waals surface area (Å²) in [7, 11) is 0. The summed E-state index contributed by atoms with van der Waals surface area (Å²) in [6, 6.07) is 55.6. The minimum absolute atomic E-state index is 0.643. The van der Waals surface area contributed by atoms with Crippen LogP contribution in [-0.2, 0) is 0 Å². The van der Waals surface area contributed by atoms with Crippen LogP contribution in [0.25, 0.3) is 88.5 Å². The van der Waals surface area contributed by atoms with Crippen molar-refractivity contribution in [2.75, 3.05) is 0 Å². The van der Waals surface area contributed by atoms with Crippen LogP contribution in [0.2, 0.25) is 0 Å². The van der Waals surface area contributed by atoms with Crippen LogP contribution in [-0.4, -0.2) is 19.1 Å². The van der Waals surface area contributed by atoms with Crippen LogP contribution in [0.3, 0.4) is 0 Å². The van der Waals surface area contributed by atoms with Crippen LogP contribution in [0, 0.1) is 0 Å². The molecule has 0 saturated carbocycles. The predicted molar refractivity (Wildman–Crippen MR) is 199 cm³/mol. The minimum Gasteiger partial charge on any atom is -0.456 e. The van der Waals surface area contributed by atoms with Crippen molar-refractivity contribution in [1.82, 2.24) is 19.1 Å². The zero-order chi connectivity index (χ0) is 32.1. The number of para-hydroxylation sites is 4. The Bertz CT molecular complexity index is 2970. The second-order valence-electron chi connectivity index (χ2n) is 12.6. The quantitative estimate of drug-likeness (QED) is 0.196. The molecule has 0 saturated heterocycles. The molecule has 7 aromatic carbocycles. The molecular formula is C44H26N4O. The van der Waals surface area contributed by atoms with Crippen molar-refractivity contribution in [2.24, 2.45) is 0 Å². The Morgan fingerprint density at radius 3 is 1.96 bits per heavy atom. The van der Waals surface area contributed by atoms with Gasteiger partial charge in [0.25, 0.3) is 0 Å². The third-order valence-electron chi connectivity index (χ3n) is 9.93. The number of hydrogen-bond donors (Lipinski definition) is 0. The highest BCUT2D eigenvalue weighted by Crippen LogP contribution is 2.46. The van der Waals surface area contributed by atoms with Gasteiger partial charge < -0.3 is 9.30 Å². The molecule has 0 atom stereocenters. The van der Waals surface area contributed by atoms with Gasteiger partial charge in [-0.05, 0) is 77.9 Å². The van der Waals surface area contributed by atoms with Crippen molar-refractivity contribution in [3.05, 3.63) is 158 Å². The summed E-state index contributed by atoms with van der Waals surface area (Å²) in [4.78, 5) is 10.4. The molecule has 4 heterocycles. The van der Waals surface area contributed by atoms with Crippen molar-refractivity contribution >= 4 is 54.5 Å². The van der Waals surface area contributed by atoms with Crippen molar-refractivity contribution in [3.63, 3.8) is 0 Å². The standard InChI is InChI=1S/C44H26N4O/c1-2-11-29(12-3-1)47-36-17-7-4-13-30(36)32-23-21-28(26-39(32)47)27-22-24-38-34(25-27)31-14-5-8-18-37(31)48(38)44-45-35-16-10-20-41-42(35)43(46-44)33-15-6-9-19-40(33)49-41/h1-26H. The van der Waals surface area contributed by atoms with Crippen molar-refractivity contribution in [3.8, 4) is 45.5 Å². The maximum absolute atomic E-state index is 6.26. The van der Waals surface area contributed by atoms with Crippen molar-refractivity contribution in [1.29, 1.82) is 0 Å². The van der Waals surface area contributed by atoms with E-state index >= 15 is 0 Å². The fraction of sp³-hybridized carbons (Fsp3) is 0. The van der Waals surface area contributed by atoms with Crippen LogP contribution < -0.4 is 4.74 Å². The molecule has 10 aromatic rings. The third kappa shape index (κ3) is 3.75. The number of benzene rings is 7. The van der Waals surface area contributed by atoms with Gasteiger partial charge in [-0.25, -0.2) is 9.97 Å². The molecule has 1 aliphatic heterocycles. The molecule has 0 bridgehead atoms. The molecule has 0 radical (unpaired) electrons. The van der Waals surface area contributed by atoms with Gasteiger partial charge in [0.05, 0.1) is 38.7 Å². The summed E-state index contributed by atoms with van der Waals surface area (Å²) < 4.78 is 10.8. The van der Waals surface area contributed by atoms with Gasteiger partial charge in [0.15, 0.2) is 0 Å². The highest BCUT2D eigenvalue weighted by Gasteiger charge is 2.24. The second-order valence-corrected chi connectivity index (χ2v) is 12.6. The number of fused-ring (bicyclic) bond motifs is 8. The molecule has 0 unspecified atom stereocenters. The third-order valence-corrected chi connectivity index (χ3v) is 9.93. The molecule has 1 aliphatic rings. The second kappa shape index (κ2) is 9.89. The Kier molecular flexibility index (Phi) is 5.32. The Morgan fingerprint density at radius 1 is 0.429 bits per heavy atom. The SMILES string of the molecule is c1ccc(-n2c3ccccc3c3ccc(-c4ccc5c(c4)c4ccccc4n5-c4nc5c6c(cccc6n4)Oc4ccccc4-5)cc32)cc1. The maximum atomic E-state index is 6.26. The lowest BCUT2D eigenvalue weighted by Crippen LogP contribution is -2.06. The molecule has 11 rings (SSSR count). The van der Waals surface area contributed by atoms with Gasteiger partial charge in [-0.15, -0.1) is 0 Å². The van der Waals surface area contributed by atoms with Gasteiger partial charge in [-0.3, -0.25) is 4.57 Å². The van der Waals surface area contributed by atoms with Gasteiger partial charge in [0, 0.05) is 32.8 Å². The number of aromatic nitrogens is 4. The van der Waals surface area contributed by atoms with E-state index in [9.17, 15) is 0 Å². The van der Waals surface area contributed by atoms with E-state index in [0.29, 0.717) is 5.95 Å². The van der Waals surface area contributed by atoms with Crippen LogP contribution in [0.1, 0.15) is 0 Å². The van der Waals surface area contributed by atoms with E-state index in [1.807, 2.05) is 36.4 Å². The van der Waals surface area contributed by atoms with Crippen LogP contribution >= 0.6 is 0 Å². The van der Waals surface area contributed by atoms with Crippen LogP contribution in [0.4, 0.5) is 0 Å². The van der Waals surface area contributed by atoms with Crippen molar-refractivity contribution in [2.45, 2.75) is 0 Å². The Balaban J connectivity index is 1.14. The monoisotopic (exact) mass is 626 g/mol. The van der Waals surface area contributed by atoms with Gasteiger partial charge in [-0.2, -0.15) is 0 Å². The van der Waals surface area contributed by atoms with E-state index in [-0.39, 0.29) is 0 Å². The molecule has 5 heteroatoms. The minimum atomic E-state index is 0.643. The first-order valence-electron chi connectivity index (χ1n) is 16.5. The smallest absolute Gasteiger partial charge is 0.235 e. The van der Waals surface area contributed by atoms with Crippen LogP contribution in [0.15, 0.2) is 158 Å². The number of rotatable bonds is 3. The summed E-state index contributed by atoms with van der Waals surface area (Å²) in [5, 5.41) is 5.76. The van der Waals surface area contributed by atoms with E-state index in [2.05, 4.69) is 130 Å². The first kappa shape index (κ1) is 26.4. The van der Waals surface area contributed by atoms with Gasteiger partial charge in [0.1, 0.15) is 11.5 Å². The Hall–Kier alpha value is -6.72. The predicted octanol–water partition coefficient (Wildman–Crippen LogP) is 11.3. The van der Waals surface area contributed by atoms with Crippen LogP contribution in [0.5, 0.6) is 11.5 Å². The molecule has 0 fully saturated rings. The molecule has 228 valence electrons. The lowest BCUT2D eigenvalue weighted by atomic mass is 10.0. The fourth-order valence-electron chi connectivity index (χ4n) is 7.76. The van der Waals surface area contributed by atoms with Crippen molar-refractivity contribution < 1.29 is 4.74 Å². The van der Waals surface area contributed by atoms with E-state index in [1.54, 1.807) is 0 Å². The lowest BCUT2D eigenvalue weighted by Gasteiger charge is -2.20. The summed E-state index contributed by atoms with van der Waals surface area (Å²) in [6.07, 6.45) is 0. The molecule has 5 nitrogen and oxygen atoms in total. The number of nitrogens with zero attached hydrogens (tertiary/aromatic N) is 4. The molecule has 3 aromatic heterocycles. The Morgan fingerprint density at radius 2 is 1.08 bits per heavy atom. The molecule has 0 spiro atoms. The molecule has 49 heavy (non-hydrogen) atoms. The molecule has 0 N–H and O–H groups in total. The normalized spacial score (nSPS) is 12.2. The van der Waals surface area contributed by atoms with Gasteiger partial charge in [0.2, 0.25) is 5.95 Å². The molecule has 0 aliphatic carbocycles. The summed E-state index contributed by atoms with van der Waals surface area (Å²) >= 11 is 0. The maximum Gasteiger partial charge on any atom is 0.235 e. The van der Waals surface area contributed by atoms with E-state index in [4.69, 9.17) is 14.7 Å². The average Bonchev–Trinajstić information content (AvgIpc) is 3.67. The van der Waals surface area contributed by atoms with E-state index in [1.165, 1.54) is 27.4 Å². The zero-order valence-electron chi connectivity index (χ0n) is 26.2. The van der Waals surface area contributed by atoms with E-state index in [0.717, 1.165) is 66.7 Å². The lowest BCUT2D eigenvalue weighted by molar-refractivity contribution is 0.486. The first-order chi connectivity index (χ1) is 24.3. The topological polar surface area (TPSA) is 44.9 Å². The summed E-state index contributed by atoms with van der Waals surface area (Å²) in [5.74, 6) is 2.24. The largest absolute Gasteiger partial charge is 0.456 e. The zero-order valence-corrected chi connectivity index (χ0v) is 26.2. The van der Waals surface area contributed by atoms with E-state index < -0.39 is 0 Å². The number of hydrogen-bond acceptors (Lipinski definition) is 3. The average molecular weight is 627 g/mol. The van der Waals surface area contributed by atoms with Gasteiger partial charge in [-0.1, -0.05) is 91.0 Å². The Labute approximate surface area is 280 Å². The van der Waals surface area contributed by atoms with Gasteiger partial charge >= 0.3 is 0 Å². The fourth-order valence-corrected chi connectivity index (χ4v) is 7.76. The molecule has 0 amide bonds. The first-order valence-corrected chi connectivity index (χ1v) is 16.5. The highest BCUT2D eigenvalue weighted by atomic mass is 16.5. The molecular weight excluding hydrogens is 601 g/mol. The summed E-state index contributed by atoms with van der Waals surface area (Å²) in [6.45, 7) is 0.